The van der Waals surface area contributed by atoms with Crippen LogP contribution in [0.2, 0.25) is 0 Å². The zero-order chi connectivity index (χ0) is 25.8. The Bertz CT molecular complexity index is 960. The van der Waals surface area contributed by atoms with Crippen molar-refractivity contribution in [2.24, 2.45) is 23.2 Å². The Balaban J connectivity index is 2.39. The van der Waals surface area contributed by atoms with Crippen LogP contribution >= 0.6 is 0 Å². The molecule has 0 bridgehead atoms. The van der Waals surface area contributed by atoms with Crippen molar-refractivity contribution in [1.29, 1.82) is 0 Å². The fourth-order valence-corrected chi connectivity index (χ4v) is 4.90. The number of phenols is 2. The third kappa shape index (κ3) is 6.08. The van der Waals surface area contributed by atoms with Gasteiger partial charge in [0.15, 0.2) is 6.29 Å². The SMILES string of the molecule is CC(=CCc1c(O)cc(C)c(C=O)c1O)[C@H](C[C@@]1(C)[C@H](C)C(=O)CC[C@@H]1C)OC(=O)CC(C)C. The summed E-state index contributed by atoms with van der Waals surface area (Å²) in [5.41, 5.74) is 1.34. The van der Waals surface area contributed by atoms with Crippen molar-refractivity contribution >= 4 is 18.0 Å². The van der Waals surface area contributed by atoms with Gasteiger partial charge in [0.05, 0.1) is 5.56 Å². The Morgan fingerprint density at radius 1 is 1.29 bits per heavy atom. The predicted octanol–water partition coefficient (Wildman–Crippen LogP) is 5.70. The van der Waals surface area contributed by atoms with Crippen LogP contribution in [0.1, 0.15) is 88.7 Å². The molecule has 4 atom stereocenters. The lowest BCUT2D eigenvalue weighted by molar-refractivity contribution is -0.151. The number of esters is 1. The quantitative estimate of drug-likeness (QED) is 0.272. The molecule has 1 saturated carbocycles. The molecule has 0 spiro atoms. The van der Waals surface area contributed by atoms with Gasteiger partial charge in [0.1, 0.15) is 23.4 Å². The van der Waals surface area contributed by atoms with E-state index in [0.717, 1.165) is 12.0 Å². The third-order valence-electron chi connectivity index (χ3n) is 7.78. The minimum atomic E-state index is -0.535. The normalized spacial score (nSPS) is 24.2. The van der Waals surface area contributed by atoms with Gasteiger partial charge in [0, 0.05) is 24.3 Å². The number of benzene rings is 1. The van der Waals surface area contributed by atoms with Gasteiger partial charge in [-0.1, -0.05) is 40.7 Å². The summed E-state index contributed by atoms with van der Waals surface area (Å²) in [6, 6.07) is 1.46. The van der Waals surface area contributed by atoms with Gasteiger partial charge in [0.2, 0.25) is 0 Å². The van der Waals surface area contributed by atoms with Gasteiger partial charge in [0.25, 0.3) is 0 Å². The lowest BCUT2D eigenvalue weighted by Gasteiger charge is -2.45. The molecule has 0 unspecified atom stereocenters. The summed E-state index contributed by atoms with van der Waals surface area (Å²) in [5.74, 6) is -0.0730. The van der Waals surface area contributed by atoms with E-state index in [4.69, 9.17) is 4.74 Å². The number of carbonyl (C=O) groups is 3. The minimum Gasteiger partial charge on any atom is -0.508 e. The second-order valence-electron chi connectivity index (χ2n) is 10.6. The molecule has 1 fully saturated rings. The fraction of sp³-hybridized carbons (Fsp3) is 0.607. The number of carbonyl (C=O) groups excluding carboxylic acids is 3. The van der Waals surface area contributed by atoms with Gasteiger partial charge in [-0.3, -0.25) is 14.4 Å². The molecule has 0 heterocycles. The van der Waals surface area contributed by atoms with Crippen molar-refractivity contribution in [1.82, 2.24) is 0 Å². The summed E-state index contributed by atoms with van der Waals surface area (Å²) in [6.45, 7) is 13.6. The predicted molar refractivity (Wildman–Crippen MR) is 132 cm³/mol. The molecule has 0 aliphatic heterocycles. The van der Waals surface area contributed by atoms with Crippen LogP contribution in [0.3, 0.4) is 0 Å². The number of phenolic OH excluding ortho intramolecular Hbond substituents is 2. The number of aryl methyl sites for hydroxylation is 1. The van der Waals surface area contributed by atoms with E-state index in [-0.39, 0.29) is 58.1 Å². The van der Waals surface area contributed by atoms with Crippen LogP contribution < -0.4 is 0 Å². The molecule has 2 N–H and O–H groups in total. The van der Waals surface area contributed by atoms with Gasteiger partial charge < -0.3 is 14.9 Å². The van der Waals surface area contributed by atoms with Gasteiger partial charge >= 0.3 is 5.97 Å². The number of hydrogen-bond acceptors (Lipinski definition) is 6. The Hall–Kier alpha value is -2.63. The van der Waals surface area contributed by atoms with Crippen molar-refractivity contribution in [3.63, 3.8) is 0 Å². The number of allylic oxidation sites excluding steroid dienone is 1. The number of aldehydes is 1. The van der Waals surface area contributed by atoms with E-state index in [1.807, 2.05) is 33.8 Å². The molecule has 1 aliphatic carbocycles. The van der Waals surface area contributed by atoms with E-state index in [9.17, 15) is 24.6 Å². The Morgan fingerprint density at radius 3 is 2.53 bits per heavy atom. The molecule has 0 saturated heterocycles. The molecule has 6 nitrogen and oxygen atoms in total. The smallest absolute Gasteiger partial charge is 0.306 e. The van der Waals surface area contributed by atoms with Crippen molar-refractivity contribution in [2.75, 3.05) is 0 Å². The zero-order valence-electron chi connectivity index (χ0n) is 21.6. The Kier molecular flexibility index (Phi) is 9.09. The molecule has 1 aromatic carbocycles. The first-order valence-corrected chi connectivity index (χ1v) is 12.2. The van der Waals surface area contributed by atoms with Crippen molar-refractivity contribution < 1.29 is 29.3 Å². The highest BCUT2D eigenvalue weighted by molar-refractivity contribution is 5.83. The highest BCUT2D eigenvalue weighted by Gasteiger charge is 2.45. The average Bonchev–Trinajstić information content (AvgIpc) is 2.74. The van der Waals surface area contributed by atoms with Gasteiger partial charge in [-0.2, -0.15) is 0 Å². The molecule has 1 aliphatic rings. The number of Topliss-reactive ketones (excluding diaryl/α,β-unsaturated/α-hetero) is 1. The fourth-order valence-electron chi connectivity index (χ4n) is 4.90. The topological polar surface area (TPSA) is 101 Å². The molecule has 0 radical (unpaired) electrons. The highest BCUT2D eigenvalue weighted by Crippen LogP contribution is 2.48. The van der Waals surface area contributed by atoms with Crippen LogP contribution in [0.25, 0.3) is 0 Å². The standard InChI is InChI=1S/C28H40O6/c1-16(2)12-26(32)34-25(14-28(7)19(5)9-11-23(30)20(28)6)17(3)8-10-21-24(31)13-18(4)22(15-29)27(21)33/h8,13,15-16,19-20,25,31,33H,9-12,14H2,1-7H3/t19-,20+,25-,28+/m0/s1. The van der Waals surface area contributed by atoms with Gasteiger partial charge in [-0.25, -0.2) is 0 Å². The van der Waals surface area contributed by atoms with Crippen LogP contribution in [0, 0.1) is 30.1 Å². The number of rotatable bonds is 9. The molecule has 34 heavy (non-hydrogen) atoms. The lowest BCUT2D eigenvalue weighted by Crippen LogP contribution is -2.44. The van der Waals surface area contributed by atoms with Gasteiger partial charge in [-0.15, -0.1) is 0 Å². The summed E-state index contributed by atoms with van der Waals surface area (Å²) in [6.07, 6.45) is 4.23. The molecular weight excluding hydrogens is 432 g/mol. The Labute approximate surface area is 203 Å². The molecule has 0 aromatic heterocycles. The number of ketones is 1. The van der Waals surface area contributed by atoms with Crippen LogP contribution in [-0.2, 0) is 20.7 Å². The lowest BCUT2D eigenvalue weighted by atomic mass is 9.59. The summed E-state index contributed by atoms with van der Waals surface area (Å²) in [5, 5.41) is 20.9. The van der Waals surface area contributed by atoms with E-state index in [1.54, 1.807) is 6.92 Å². The maximum absolute atomic E-state index is 12.6. The third-order valence-corrected chi connectivity index (χ3v) is 7.78. The average molecular weight is 473 g/mol. The molecule has 0 amide bonds. The summed E-state index contributed by atoms with van der Waals surface area (Å²) < 4.78 is 5.94. The maximum Gasteiger partial charge on any atom is 0.306 e. The van der Waals surface area contributed by atoms with E-state index >= 15 is 0 Å². The molecule has 188 valence electrons. The molecule has 2 rings (SSSR count). The first kappa shape index (κ1) is 27.6. The van der Waals surface area contributed by atoms with Crippen molar-refractivity contribution in [3.8, 4) is 11.5 Å². The minimum absolute atomic E-state index is 0.0925. The second kappa shape index (κ2) is 11.2. The summed E-state index contributed by atoms with van der Waals surface area (Å²) in [7, 11) is 0. The molecule has 1 aromatic rings. The van der Waals surface area contributed by atoms with E-state index in [1.165, 1.54) is 6.07 Å². The van der Waals surface area contributed by atoms with Crippen LogP contribution in [0.5, 0.6) is 11.5 Å². The number of aromatic hydroxyl groups is 2. The summed E-state index contributed by atoms with van der Waals surface area (Å²) >= 11 is 0. The number of ether oxygens (including phenoxy) is 1. The Morgan fingerprint density at radius 2 is 1.94 bits per heavy atom. The van der Waals surface area contributed by atoms with Crippen molar-refractivity contribution in [2.45, 2.75) is 86.7 Å². The summed E-state index contributed by atoms with van der Waals surface area (Å²) in [4.78, 5) is 36.5. The molecule has 6 heteroatoms. The second-order valence-corrected chi connectivity index (χ2v) is 10.6. The van der Waals surface area contributed by atoms with Gasteiger partial charge in [-0.05, 0) is 67.6 Å². The van der Waals surface area contributed by atoms with E-state index in [0.29, 0.717) is 37.0 Å². The zero-order valence-corrected chi connectivity index (χ0v) is 21.6. The van der Waals surface area contributed by atoms with E-state index in [2.05, 4.69) is 13.8 Å². The highest BCUT2D eigenvalue weighted by atomic mass is 16.5. The van der Waals surface area contributed by atoms with Crippen LogP contribution in [0.15, 0.2) is 17.7 Å². The monoisotopic (exact) mass is 472 g/mol. The first-order chi connectivity index (χ1) is 15.8. The van der Waals surface area contributed by atoms with Crippen molar-refractivity contribution in [3.05, 3.63) is 34.4 Å². The molecular formula is C28H40O6. The largest absolute Gasteiger partial charge is 0.508 e. The van der Waals surface area contributed by atoms with Crippen LogP contribution in [-0.4, -0.2) is 34.4 Å². The van der Waals surface area contributed by atoms with Crippen LogP contribution in [0.4, 0.5) is 0 Å². The number of hydrogen-bond donors (Lipinski definition) is 2. The first-order valence-electron chi connectivity index (χ1n) is 12.2. The van der Waals surface area contributed by atoms with E-state index < -0.39 is 6.10 Å². The maximum atomic E-state index is 12.6.